The van der Waals surface area contributed by atoms with Gasteiger partial charge in [-0.25, -0.2) is 0 Å². The molecule has 0 fully saturated rings. The fourth-order valence-corrected chi connectivity index (χ4v) is 4.79. The third-order valence-corrected chi connectivity index (χ3v) is 6.22. The van der Waals surface area contributed by atoms with E-state index in [1.54, 1.807) is 0 Å². The van der Waals surface area contributed by atoms with Gasteiger partial charge in [0.05, 0.1) is 11.6 Å². The molecule has 2 nitrogen and oxygen atoms in total. The van der Waals surface area contributed by atoms with Crippen molar-refractivity contribution in [2.24, 2.45) is 12.0 Å². The fraction of sp³-hybridized carbons (Fsp3) is 0.263. The molecule has 1 atom stereocenters. The second-order valence-corrected chi connectivity index (χ2v) is 7.56. The largest absolute Gasteiger partial charge is 0.257 e. The Morgan fingerprint density at radius 3 is 2.87 bits per heavy atom. The Kier molecular flexibility index (Phi) is 3.70. The summed E-state index contributed by atoms with van der Waals surface area (Å²) >= 11 is 7.96. The lowest BCUT2D eigenvalue weighted by atomic mass is 9.95. The number of thiazole rings is 1. The van der Waals surface area contributed by atoms with Crippen molar-refractivity contribution in [3.63, 3.8) is 0 Å². The second-order valence-electron chi connectivity index (χ2n) is 6.06. The lowest BCUT2D eigenvalue weighted by Crippen LogP contribution is -2.34. The molecule has 0 aliphatic carbocycles. The van der Waals surface area contributed by atoms with Crippen molar-refractivity contribution in [1.29, 1.82) is 0 Å². The number of benzene rings is 2. The van der Waals surface area contributed by atoms with Crippen molar-refractivity contribution >= 4 is 44.6 Å². The molecule has 2 heterocycles. The van der Waals surface area contributed by atoms with E-state index in [9.17, 15) is 0 Å². The van der Waals surface area contributed by atoms with Gasteiger partial charge in [0, 0.05) is 16.8 Å². The first-order valence-electron chi connectivity index (χ1n) is 7.87. The summed E-state index contributed by atoms with van der Waals surface area (Å²) in [5.41, 5.74) is 5.00. The summed E-state index contributed by atoms with van der Waals surface area (Å²) in [6, 6.07) is 14.6. The molecule has 0 saturated heterocycles. The van der Waals surface area contributed by atoms with Crippen LogP contribution in [0.1, 0.15) is 29.8 Å². The predicted octanol–water partition coefficient (Wildman–Crippen LogP) is 5.20. The minimum absolute atomic E-state index is 0.324. The molecule has 23 heavy (non-hydrogen) atoms. The average Bonchev–Trinajstić information content (AvgIpc) is 2.89. The van der Waals surface area contributed by atoms with Gasteiger partial charge in [-0.1, -0.05) is 41.1 Å². The highest BCUT2D eigenvalue weighted by Gasteiger charge is 2.28. The zero-order valence-corrected chi connectivity index (χ0v) is 14.8. The van der Waals surface area contributed by atoms with Crippen molar-refractivity contribution in [1.82, 2.24) is 0 Å². The number of rotatable bonds is 2. The standard InChI is InChI=1S/C19H18ClN2S/c1-12(15-9-7-13-5-3-4-6-16(13)21-15)19-22(2)17-10-8-14(20)11-18(17)23-19/h3-6,8,10-12H,7,9H2,1-2H3/q+1. The van der Waals surface area contributed by atoms with Crippen LogP contribution in [-0.4, -0.2) is 5.71 Å². The van der Waals surface area contributed by atoms with Gasteiger partial charge in [0.15, 0.2) is 0 Å². The number of hydrogen-bond donors (Lipinski definition) is 0. The molecular weight excluding hydrogens is 324 g/mol. The molecule has 0 saturated carbocycles. The lowest BCUT2D eigenvalue weighted by molar-refractivity contribution is -0.648. The molecule has 1 aliphatic rings. The Bertz CT molecular complexity index is 926. The average molecular weight is 342 g/mol. The third-order valence-electron chi connectivity index (χ3n) is 4.60. The monoisotopic (exact) mass is 341 g/mol. The molecule has 0 bridgehead atoms. The van der Waals surface area contributed by atoms with E-state index >= 15 is 0 Å². The van der Waals surface area contributed by atoms with Crippen molar-refractivity contribution in [2.75, 3.05) is 0 Å². The van der Waals surface area contributed by atoms with Crippen LogP contribution in [0.2, 0.25) is 5.02 Å². The molecule has 2 aromatic carbocycles. The summed E-state index contributed by atoms with van der Waals surface area (Å²) in [6.45, 7) is 2.26. The summed E-state index contributed by atoms with van der Waals surface area (Å²) in [5, 5.41) is 2.13. The Balaban J connectivity index is 1.77. The maximum atomic E-state index is 6.14. The van der Waals surface area contributed by atoms with Gasteiger partial charge in [0.25, 0.3) is 0 Å². The number of nitrogens with zero attached hydrogens (tertiary/aromatic N) is 2. The van der Waals surface area contributed by atoms with E-state index < -0.39 is 0 Å². The summed E-state index contributed by atoms with van der Waals surface area (Å²) < 4.78 is 3.52. The molecule has 0 spiro atoms. The molecule has 1 aromatic heterocycles. The minimum atomic E-state index is 0.324. The van der Waals surface area contributed by atoms with E-state index in [2.05, 4.69) is 54.9 Å². The third kappa shape index (κ3) is 2.58. The maximum absolute atomic E-state index is 6.14. The highest BCUT2D eigenvalue weighted by atomic mass is 35.5. The fourth-order valence-electron chi connectivity index (χ4n) is 3.29. The molecule has 0 radical (unpaired) electrons. The van der Waals surface area contributed by atoms with Gasteiger partial charge in [-0.2, -0.15) is 4.57 Å². The van der Waals surface area contributed by atoms with Crippen LogP contribution in [-0.2, 0) is 13.5 Å². The van der Waals surface area contributed by atoms with E-state index in [0.29, 0.717) is 5.92 Å². The lowest BCUT2D eigenvalue weighted by Gasteiger charge is -2.18. The molecule has 4 heteroatoms. The summed E-state index contributed by atoms with van der Waals surface area (Å²) in [6.07, 6.45) is 2.12. The van der Waals surface area contributed by atoms with E-state index in [1.807, 2.05) is 17.4 Å². The van der Waals surface area contributed by atoms with Crippen molar-refractivity contribution in [3.8, 4) is 0 Å². The van der Waals surface area contributed by atoms with Crippen LogP contribution in [0.25, 0.3) is 10.2 Å². The van der Waals surface area contributed by atoms with Gasteiger partial charge < -0.3 is 0 Å². The zero-order valence-electron chi connectivity index (χ0n) is 13.2. The molecule has 1 aliphatic heterocycles. The van der Waals surface area contributed by atoms with Gasteiger partial charge in [0.2, 0.25) is 10.5 Å². The van der Waals surface area contributed by atoms with Crippen LogP contribution >= 0.6 is 22.9 Å². The van der Waals surface area contributed by atoms with Crippen molar-refractivity contribution in [3.05, 3.63) is 58.1 Å². The molecule has 4 rings (SSSR count). The summed E-state index contributed by atoms with van der Waals surface area (Å²) in [7, 11) is 2.13. The van der Waals surface area contributed by atoms with Crippen LogP contribution in [0.3, 0.4) is 0 Å². The van der Waals surface area contributed by atoms with Gasteiger partial charge >= 0.3 is 0 Å². The number of fused-ring (bicyclic) bond motifs is 2. The number of aliphatic imine (C=N–C) groups is 1. The summed E-state index contributed by atoms with van der Waals surface area (Å²) in [4.78, 5) is 4.93. The number of aryl methyl sites for hydroxylation is 2. The predicted molar refractivity (Wildman–Crippen MR) is 98.3 cm³/mol. The SMILES string of the molecule is CC(C1=Nc2ccccc2CC1)c1sc2cc(Cl)ccc2[n+]1C. The quantitative estimate of drug-likeness (QED) is 0.569. The topological polar surface area (TPSA) is 16.2 Å². The van der Waals surface area contributed by atoms with Crippen LogP contribution in [0.5, 0.6) is 0 Å². The van der Waals surface area contributed by atoms with Crippen LogP contribution < -0.4 is 4.57 Å². The normalized spacial score (nSPS) is 15.3. The van der Waals surface area contributed by atoms with Crippen LogP contribution in [0.4, 0.5) is 5.69 Å². The van der Waals surface area contributed by atoms with E-state index in [1.165, 1.54) is 26.5 Å². The van der Waals surface area contributed by atoms with Crippen molar-refractivity contribution in [2.45, 2.75) is 25.7 Å². The smallest absolute Gasteiger partial charge is 0.246 e. The Labute approximate surface area is 145 Å². The number of aromatic nitrogens is 1. The second kappa shape index (κ2) is 5.73. The number of para-hydroxylation sites is 1. The van der Waals surface area contributed by atoms with Gasteiger partial charge in [0.1, 0.15) is 11.7 Å². The molecule has 1 unspecified atom stereocenters. The summed E-state index contributed by atoms with van der Waals surface area (Å²) in [5.74, 6) is 0.324. The van der Waals surface area contributed by atoms with E-state index in [4.69, 9.17) is 16.6 Å². The Morgan fingerprint density at radius 1 is 1.17 bits per heavy atom. The maximum Gasteiger partial charge on any atom is 0.246 e. The molecule has 0 amide bonds. The van der Waals surface area contributed by atoms with E-state index in [0.717, 1.165) is 23.6 Å². The minimum Gasteiger partial charge on any atom is -0.257 e. The van der Waals surface area contributed by atoms with Crippen LogP contribution in [0.15, 0.2) is 47.5 Å². The van der Waals surface area contributed by atoms with Crippen LogP contribution in [0, 0.1) is 0 Å². The first kappa shape index (κ1) is 14.9. The first-order chi connectivity index (χ1) is 11.1. The zero-order chi connectivity index (χ0) is 16.0. The van der Waals surface area contributed by atoms with Gasteiger partial charge in [-0.05, 0) is 43.5 Å². The molecule has 116 valence electrons. The first-order valence-corrected chi connectivity index (χ1v) is 9.06. The molecule has 0 N–H and O–H groups in total. The number of hydrogen-bond acceptors (Lipinski definition) is 2. The van der Waals surface area contributed by atoms with Crippen molar-refractivity contribution < 1.29 is 4.57 Å². The highest BCUT2D eigenvalue weighted by molar-refractivity contribution is 7.18. The molecular formula is C19H18ClN2S+. The van der Waals surface area contributed by atoms with Gasteiger partial charge in [-0.3, -0.25) is 4.99 Å². The Hall–Kier alpha value is -1.71. The van der Waals surface area contributed by atoms with E-state index in [-0.39, 0.29) is 0 Å². The number of halogens is 1. The highest BCUT2D eigenvalue weighted by Crippen LogP contribution is 2.33. The van der Waals surface area contributed by atoms with Gasteiger partial charge in [-0.15, -0.1) is 0 Å². The Morgan fingerprint density at radius 2 is 2.00 bits per heavy atom. The molecule has 3 aromatic rings.